The van der Waals surface area contributed by atoms with Crippen LogP contribution in [-0.4, -0.2) is 24.7 Å². The zero-order valence-electron chi connectivity index (χ0n) is 13.8. The Morgan fingerprint density at radius 1 is 1.20 bits per heavy atom. The SMILES string of the molecule is CC1Oc2ccccc2OC1C(=O)Nc1ccc2c(c1F)CCNC2. The molecule has 5 nitrogen and oxygen atoms in total. The van der Waals surface area contributed by atoms with Crippen LogP contribution in [0.3, 0.4) is 0 Å². The molecule has 0 saturated heterocycles. The lowest BCUT2D eigenvalue weighted by Crippen LogP contribution is -2.46. The molecule has 0 radical (unpaired) electrons. The maximum absolute atomic E-state index is 14.7. The van der Waals surface area contributed by atoms with E-state index in [-0.39, 0.29) is 11.5 Å². The van der Waals surface area contributed by atoms with Gasteiger partial charge in [0, 0.05) is 6.54 Å². The van der Waals surface area contributed by atoms with E-state index in [4.69, 9.17) is 9.47 Å². The highest BCUT2D eigenvalue weighted by atomic mass is 19.1. The molecule has 4 rings (SSSR count). The summed E-state index contributed by atoms with van der Waals surface area (Å²) in [6.45, 7) is 3.14. The average molecular weight is 342 g/mol. The Labute approximate surface area is 145 Å². The first kappa shape index (κ1) is 15.9. The molecule has 0 spiro atoms. The maximum atomic E-state index is 14.7. The van der Waals surface area contributed by atoms with E-state index in [1.807, 2.05) is 18.2 Å². The molecule has 0 saturated carbocycles. The predicted molar refractivity (Wildman–Crippen MR) is 91.4 cm³/mol. The second kappa shape index (κ2) is 6.37. The largest absolute Gasteiger partial charge is 0.482 e. The van der Waals surface area contributed by atoms with E-state index in [9.17, 15) is 9.18 Å². The zero-order valence-corrected chi connectivity index (χ0v) is 13.8. The Hall–Kier alpha value is -2.60. The molecule has 0 aliphatic carbocycles. The van der Waals surface area contributed by atoms with Gasteiger partial charge in [-0.15, -0.1) is 0 Å². The molecule has 2 unspecified atom stereocenters. The Kier molecular flexibility index (Phi) is 4.05. The number of carbonyl (C=O) groups excluding carboxylic acids is 1. The molecular formula is C19H19FN2O3. The van der Waals surface area contributed by atoms with Crippen LogP contribution in [-0.2, 0) is 17.8 Å². The number of rotatable bonds is 2. The van der Waals surface area contributed by atoms with Gasteiger partial charge in [-0.05, 0) is 49.2 Å². The molecule has 1 amide bonds. The maximum Gasteiger partial charge on any atom is 0.269 e. The van der Waals surface area contributed by atoms with E-state index in [0.29, 0.717) is 30.0 Å². The highest BCUT2D eigenvalue weighted by Gasteiger charge is 2.34. The van der Waals surface area contributed by atoms with Crippen LogP contribution in [0, 0.1) is 5.82 Å². The van der Waals surface area contributed by atoms with Crippen molar-refractivity contribution in [1.82, 2.24) is 5.32 Å². The molecule has 6 heteroatoms. The summed E-state index contributed by atoms with van der Waals surface area (Å²) in [6, 6.07) is 10.6. The third-order valence-corrected chi connectivity index (χ3v) is 4.57. The van der Waals surface area contributed by atoms with E-state index in [1.165, 1.54) is 0 Å². The van der Waals surface area contributed by atoms with Crippen molar-refractivity contribution in [2.24, 2.45) is 0 Å². The lowest BCUT2D eigenvalue weighted by Gasteiger charge is -2.31. The number of para-hydroxylation sites is 2. The number of hydrogen-bond donors (Lipinski definition) is 2. The first-order chi connectivity index (χ1) is 12.1. The minimum Gasteiger partial charge on any atom is -0.482 e. The van der Waals surface area contributed by atoms with Gasteiger partial charge in [0.15, 0.2) is 11.5 Å². The van der Waals surface area contributed by atoms with Crippen molar-refractivity contribution in [2.45, 2.75) is 32.1 Å². The number of nitrogens with one attached hydrogen (secondary N) is 2. The standard InChI is InChI=1S/C19H19FN2O3/c1-11-18(25-16-5-3-2-4-15(16)24-11)19(23)22-14-7-6-12-10-21-9-8-13(12)17(14)20/h2-7,11,18,21H,8-10H2,1H3,(H,22,23). The van der Waals surface area contributed by atoms with E-state index in [2.05, 4.69) is 10.6 Å². The van der Waals surface area contributed by atoms with Gasteiger partial charge in [0.2, 0.25) is 6.10 Å². The van der Waals surface area contributed by atoms with Crippen molar-refractivity contribution in [1.29, 1.82) is 0 Å². The molecule has 25 heavy (non-hydrogen) atoms. The number of anilines is 1. The van der Waals surface area contributed by atoms with Gasteiger partial charge in [-0.1, -0.05) is 18.2 Å². The molecular weight excluding hydrogens is 323 g/mol. The van der Waals surface area contributed by atoms with E-state index in [0.717, 1.165) is 12.1 Å². The summed E-state index contributed by atoms with van der Waals surface area (Å²) in [5, 5.41) is 5.86. The number of benzene rings is 2. The number of amides is 1. The third-order valence-electron chi connectivity index (χ3n) is 4.57. The van der Waals surface area contributed by atoms with Crippen LogP contribution in [0.2, 0.25) is 0 Å². The van der Waals surface area contributed by atoms with Crippen LogP contribution in [0.25, 0.3) is 0 Å². The van der Waals surface area contributed by atoms with Crippen LogP contribution in [0.1, 0.15) is 18.1 Å². The topological polar surface area (TPSA) is 59.6 Å². The lowest BCUT2D eigenvalue weighted by atomic mass is 9.99. The van der Waals surface area contributed by atoms with Gasteiger partial charge < -0.3 is 20.1 Å². The second-order valence-electron chi connectivity index (χ2n) is 6.29. The summed E-state index contributed by atoms with van der Waals surface area (Å²) in [5.74, 6) is 0.330. The highest BCUT2D eigenvalue weighted by Crippen LogP contribution is 2.34. The highest BCUT2D eigenvalue weighted by molar-refractivity contribution is 5.95. The summed E-state index contributed by atoms with van der Waals surface area (Å²) in [7, 11) is 0. The fourth-order valence-electron chi connectivity index (χ4n) is 3.24. The number of carbonyl (C=O) groups is 1. The van der Waals surface area contributed by atoms with Crippen molar-refractivity contribution in [3.63, 3.8) is 0 Å². The first-order valence-electron chi connectivity index (χ1n) is 8.37. The van der Waals surface area contributed by atoms with Gasteiger partial charge in [0.25, 0.3) is 5.91 Å². The molecule has 130 valence electrons. The quantitative estimate of drug-likeness (QED) is 0.881. The third kappa shape index (κ3) is 2.93. The number of ether oxygens (including phenoxy) is 2. The first-order valence-corrected chi connectivity index (χ1v) is 8.37. The molecule has 2 aliphatic rings. The lowest BCUT2D eigenvalue weighted by molar-refractivity contribution is -0.128. The summed E-state index contributed by atoms with van der Waals surface area (Å²) >= 11 is 0. The summed E-state index contributed by atoms with van der Waals surface area (Å²) in [5.41, 5.74) is 1.78. The van der Waals surface area contributed by atoms with Crippen LogP contribution >= 0.6 is 0 Å². The summed E-state index contributed by atoms with van der Waals surface area (Å²) < 4.78 is 26.2. The molecule has 0 fully saturated rings. The van der Waals surface area contributed by atoms with Gasteiger partial charge in [0.1, 0.15) is 11.9 Å². The molecule has 2 aromatic rings. The second-order valence-corrected chi connectivity index (χ2v) is 6.29. The van der Waals surface area contributed by atoms with Crippen molar-refractivity contribution < 1.29 is 18.7 Å². The number of halogens is 1. The van der Waals surface area contributed by atoms with Gasteiger partial charge in [-0.25, -0.2) is 4.39 Å². The monoisotopic (exact) mass is 342 g/mol. The van der Waals surface area contributed by atoms with Gasteiger partial charge >= 0.3 is 0 Å². The molecule has 2 atom stereocenters. The normalized spacial score (nSPS) is 21.4. The Balaban J connectivity index is 1.55. The van der Waals surface area contributed by atoms with Crippen molar-refractivity contribution in [3.05, 3.63) is 53.3 Å². The van der Waals surface area contributed by atoms with E-state index >= 15 is 0 Å². The smallest absolute Gasteiger partial charge is 0.269 e. The summed E-state index contributed by atoms with van der Waals surface area (Å²) in [4.78, 5) is 12.6. The van der Waals surface area contributed by atoms with E-state index in [1.54, 1.807) is 25.1 Å². The van der Waals surface area contributed by atoms with Crippen molar-refractivity contribution >= 4 is 11.6 Å². The molecule has 0 bridgehead atoms. The van der Waals surface area contributed by atoms with Crippen LogP contribution in [0.4, 0.5) is 10.1 Å². The number of fused-ring (bicyclic) bond motifs is 2. The molecule has 0 aromatic heterocycles. The average Bonchev–Trinajstić information content (AvgIpc) is 2.63. The predicted octanol–water partition coefficient (Wildman–Crippen LogP) is 2.64. The fourth-order valence-corrected chi connectivity index (χ4v) is 3.24. The molecule has 2 heterocycles. The Morgan fingerprint density at radius 2 is 1.96 bits per heavy atom. The van der Waals surface area contributed by atoms with Gasteiger partial charge in [-0.2, -0.15) is 0 Å². The minimum atomic E-state index is -0.841. The van der Waals surface area contributed by atoms with Crippen molar-refractivity contribution in [3.8, 4) is 11.5 Å². The van der Waals surface area contributed by atoms with Crippen molar-refractivity contribution in [2.75, 3.05) is 11.9 Å². The van der Waals surface area contributed by atoms with Gasteiger partial charge in [-0.3, -0.25) is 4.79 Å². The van der Waals surface area contributed by atoms with Crippen LogP contribution in [0.15, 0.2) is 36.4 Å². The van der Waals surface area contributed by atoms with Crippen LogP contribution in [0.5, 0.6) is 11.5 Å². The Bertz CT molecular complexity index is 824. The summed E-state index contributed by atoms with van der Waals surface area (Å²) in [6.07, 6.45) is -0.704. The molecule has 2 aliphatic heterocycles. The molecule has 2 aromatic carbocycles. The Morgan fingerprint density at radius 3 is 2.76 bits per heavy atom. The zero-order chi connectivity index (χ0) is 17.4. The van der Waals surface area contributed by atoms with E-state index < -0.39 is 18.1 Å². The van der Waals surface area contributed by atoms with Gasteiger partial charge in [0.05, 0.1) is 5.69 Å². The van der Waals surface area contributed by atoms with Crippen LogP contribution < -0.4 is 20.1 Å². The fraction of sp³-hybridized carbons (Fsp3) is 0.316. The minimum absolute atomic E-state index is 0.181. The molecule has 2 N–H and O–H groups in total. The number of hydrogen-bond acceptors (Lipinski definition) is 4.